The van der Waals surface area contributed by atoms with Gasteiger partial charge in [0, 0.05) is 6.42 Å². The molecule has 0 aliphatic carbocycles. The molecule has 0 heterocycles. The van der Waals surface area contributed by atoms with E-state index < -0.39 is 15.9 Å². The molecule has 6 nitrogen and oxygen atoms in total. The van der Waals surface area contributed by atoms with Gasteiger partial charge in [-0.3, -0.25) is 9.52 Å². The molecule has 7 heteroatoms. The predicted octanol–water partition coefficient (Wildman–Crippen LogP) is 3.11. The largest absolute Gasteiger partial charge is 0.497 e. The van der Waals surface area contributed by atoms with E-state index in [0.717, 1.165) is 34.4 Å². The molecule has 0 saturated heterocycles. The summed E-state index contributed by atoms with van der Waals surface area (Å²) < 4.78 is 35.2. The lowest BCUT2D eigenvalue weighted by Crippen LogP contribution is -2.29. The third-order valence-electron chi connectivity index (χ3n) is 3.74. The first kappa shape index (κ1) is 19.8. The molecule has 0 spiro atoms. The Kier molecular flexibility index (Phi) is 6.26. The average Bonchev–Trinajstić information content (AvgIpc) is 2.55. The standard InChI is InChI=1S/C19H23NO5S/c1-13-11-15(5-10-18(21)20-26(4,22)23)12-14(2)19(13)25-17-8-6-16(24-3)7-9-17/h6-9,11-12H,5,10H2,1-4H3,(H,20,21). The monoisotopic (exact) mass is 377 g/mol. The number of hydrogen-bond acceptors (Lipinski definition) is 5. The summed E-state index contributed by atoms with van der Waals surface area (Å²) in [5.41, 5.74) is 2.84. The van der Waals surface area contributed by atoms with Crippen molar-refractivity contribution in [1.82, 2.24) is 4.72 Å². The zero-order valence-electron chi connectivity index (χ0n) is 15.3. The summed E-state index contributed by atoms with van der Waals surface area (Å²) in [5, 5.41) is 0. The van der Waals surface area contributed by atoms with Crippen molar-refractivity contribution in [1.29, 1.82) is 0 Å². The van der Waals surface area contributed by atoms with Crippen LogP contribution in [0.2, 0.25) is 0 Å². The van der Waals surface area contributed by atoms with E-state index in [4.69, 9.17) is 9.47 Å². The highest BCUT2D eigenvalue weighted by molar-refractivity contribution is 7.89. The highest BCUT2D eigenvalue weighted by Gasteiger charge is 2.11. The van der Waals surface area contributed by atoms with Gasteiger partial charge in [0.2, 0.25) is 15.9 Å². The van der Waals surface area contributed by atoms with Gasteiger partial charge in [0.25, 0.3) is 0 Å². The lowest BCUT2D eigenvalue weighted by Gasteiger charge is -2.14. The zero-order valence-corrected chi connectivity index (χ0v) is 16.1. The maximum Gasteiger partial charge on any atom is 0.233 e. The van der Waals surface area contributed by atoms with Gasteiger partial charge < -0.3 is 9.47 Å². The van der Waals surface area contributed by atoms with Crippen LogP contribution in [0.25, 0.3) is 0 Å². The van der Waals surface area contributed by atoms with Crippen LogP contribution in [0, 0.1) is 13.8 Å². The van der Waals surface area contributed by atoms with E-state index in [2.05, 4.69) is 0 Å². The fraction of sp³-hybridized carbons (Fsp3) is 0.316. The third kappa shape index (κ3) is 5.77. The van der Waals surface area contributed by atoms with Crippen LogP contribution in [0.3, 0.4) is 0 Å². The number of nitrogens with one attached hydrogen (secondary N) is 1. The first-order valence-electron chi connectivity index (χ1n) is 8.10. The molecular formula is C19H23NO5S. The second-order valence-electron chi connectivity index (χ2n) is 6.13. The van der Waals surface area contributed by atoms with Crippen LogP contribution in [0.4, 0.5) is 0 Å². The molecule has 0 atom stereocenters. The minimum Gasteiger partial charge on any atom is -0.497 e. The second kappa shape index (κ2) is 8.23. The van der Waals surface area contributed by atoms with Crippen LogP contribution in [0.15, 0.2) is 36.4 Å². The lowest BCUT2D eigenvalue weighted by atomic mass is 10.0. The average molecular weight is 377 g/mol. The van der Waals surface area contributed by atoms with Crippen molar-refractivity contribution >= 4 is 15.9 Å². The number of hydrogen-bond donors (Lipinski definition) is 1. The van der Waals surface area contributed by atoms with Gasteiger partial charge in [-0.05, 0) is 61.2 Å². The van der Waals surface area contributed by atoms with Gasteiger partial charge >= 0.3 is 0 Å². The number of benzene rings is 2. The Labute approximate surface area is 154 Å². The summed E-state index contributed by atoms with van der Waals surface area (Å²) in [6.07, 6.45) is 1.51. The lowest BCUT2D eigenvalue weighted by molar-refractivity contribution is -0.119. The molecule has 0 unspecified atom stereocenters. The van der Waals surface area contributed by atoms with E-state index in [1.807, 2.05) is 55.0 Å². The van der Waals surface area contributed by atoms with Crippen molar-refractivity contribution in [3.63, 3.8) is 0 Å². The minimum absolute atomic E-state index is 0.102. The van der Waals surface area contributed by atoms with Crippen molar-refractivity contribution in [2.75, 3.05) is 13.4 Å². The number of methoxy groups -OCH3 is 1. The van der Waals surface area contributed by atoms with Gasteiger partial charge in [0.05, 0.1) is 13.4 Å². The Balaban J connectivity index is 2.08. The number of ether oxygens (including phenoxy) is 2. The van der Waals surface area contributed by atoms with Gasteiger partial charge in [0.1, 0.15) is 17.2 Å². The highest BCUT2D eigenvalue weighted by atomic mass is 32.2. The Morgan fingerprint density at radius 1 is 1.04 bits per heavy atom. The normalized spacial score (nSPS) is 11.1. The number of rotatable bonds is 7. The SMILES string of the molecule is COc1ccc(Oc2c(C)cc(CCC(=O)NS(C)(=O)=O)cc2C)cc1. The first-order valence-corrected chi connectivity index (χ1v) is 10.00. The minimum atomic E-state index is -3.52. The molecule has 0 aliphatic rings. The smallest absolute Gasteiger partial charge is 0.233 e. The number of aryl methyl sites for hydroxylation is 3. The molecule has 0 aliphatic heterocycles. The first-order chi connectivity index (χ1) is 12.2. The van der Waals surface area contributed by atoms with Crippen molar-refractivity contribution < 1.29 is 22.7 Å². The highest BCUT2D eigenvalue weighted by Crippen LogP contribution is 2.31. The Hall–Kier alpha value is -2.54. The van der Waals surface area contributed by atoms with Crippen LogP contribution >= 0.6 is 0 Å². The Morgan fingerprint density at radius 2 is 1.58 bits per heavy atom. The van der Waals surface area contributed by atoms with Crippen molar-refractivity contribution in [2.45, 2.75) is 26.7 Å². The van der Waals surface area contributed by atoms with Gasteiger partial charge in [-0.25, -0.2) is 8.42 Å². The topological polar surface area (TPSA) is 81.7 Å². The van der Waals surface area contributed by atoms with E-state index >= 15 is 0 Å². The molecule has 0 saturated carbocycles. The molecule has 0 bridgehead atoms. The summed E-state index contributed by atoms with van der Waals surface area (Å²) in [5.74, 6) is 1.71. The maximum absolute atomic E-state index is 11.6. The fourth-order valence-corrected chi connectivity index (χ4v) is 3.14. The van der Waals surface area contributed by atoms with Crippen LogP contribution in [-0.2, 0) is 21.2 Å². The van der Waals surface area contributed by atoms with Crippen LogP contribution in [0.1, 0.15) is 23.1 Å². The summed E-state index contributed by atoms with van der Waals surface area (Å²) in [7, 11) is -1.91. The fourth-order valence-electron chi connectivity index (χ4n) is 2.62. The molecule has 1 amide bonds. The molecule has 26 heavy (non-hydrogen) atoms. The van der Waals surface area contributed by atoms with E-state index in [1.54, 1.807) is 7.11 Å². The predicted molar refractivity (Wildman–Crippen MR) is 100 cm³/mol. The van der Waals surface area contributed by atoms with Crippen LogP contribution in [0.5, 0.6) is 17.2 Å². The molecule has 2 rings (SSSR count). The van der Waals surface area contributed by atoms with Crippen LogP contribution in [-0.4, -0.2) is 27.7 Å². The Bertz CT molecular complexity index is 866. The van der Waals surface area contributed by atoms with Crippen molar-refractivity contribution in [2.24, 2.45) is 0 Å². The number of amides is 1. The molecule has 1 N–H and O–H groups in total. The van der Waals surface area contributed by atoms with Gasteiger partial charge in [0.15, 0.2) is 0 Å². The van der Waals surface area contributed by atoms with E-state index in [9.17, 15) is 13.2 Å². The molecule has 0 fully saturated rings. The number of carbonyl (C=O) groups excluding carboxylic acids is 1. The molecule has 0 radical (unpaired) electrons. The Morgan fingerprint density at radius 3 is 2.08 bits per heavy atom. The van der Waals surface area contributed by atoms with Gasteiger partial charge in [-0.1, -0.05) is 12.1 Å². The van der Waals surface area contributed by atoms with E-state index in [-0.39, 0.29) is 6.42 Å². The summed E-state index contributed by atoms with van der Waals surface area (Å²) in [6, 6.07) is 11.2. The maximum atomic E-state index is 11.6. The van der Waals surface area contributed by atoms with E-state index in [1.165, 1.54) is 0 Å². The third-order valence-corrected chi connectivity index (χ3v) is 4.34. The molecular weight excluding hydrogens is 354 g/mol. The second-order valence-corrected chi connectivity index (χ2v) is 7.88. The molecule has 0 aromatic heterocycles. The van der Waals surface area contributed by atoms with Crippen molar-refractivity contribution in [3.8, 4) is 17.2 Å². The van der Waals surface area contributed by atoms with Crippen molar-refractivity contribution in [3.05, 3.63) is 53.1 Å². The van der Waals surface area contributed by atoms with Gasteiger partial charge in [-0.15, -0.1) is 0 Å². The molecule has 2 aromatic rings. The quantitative estimate of drug-likeness (QED) is 0.802. The zero-order chi connectivity index (χ0) is 19.3. The number of sulfonamides is 1. The van der Waals surface area contributed by atoms with Crippen LogP contribution < -0.4 is 14.2 Å². The molecule has 2 aromatic carbocycles. The summed E-state index contributed by atoms with van der Waals surface area (Å²) in [6.45, 7) is 3.87. The van der Waals surface area contributed by atoms with Gasteiger partial charge in [-0.2, -0.15) is 0 Å². The molecule has 140 valence electrons. The van der Waals surface area contributed by atoms with E-state index in [0.29, 0.717) is 12.2 Å². The summed E-state index contributed by atoms with van der Waals surface area (Å²) >= 11 is 0. The number of carbonyl (C=O) groups is 1. The summed E-state index contributed by atoms with van der Waals surface area (Å²) in [4.78, 5) is 11.6.